The summed E-state index contributed by atoms with van der Waals surface area (Å²) >= 11 is 0. The van der Waals surface area contributed by atoms with Crippen molar-refractivity contribution in [3.8, 4) is 11.1 Å². The second-order valence-electron chi connectivity index (χ2n) is 6.05. The van der Waals surface area contributed by atoms with E-state index in [1.165, 1.54) is 25.0 Å². The first-order valence-corrected chi connectivity index (χ1v) is 8.15. The molecule has 1 saturated heterocycles. The molecule has 0 radical (unpaired) electrons. The SMILES string of the molecule is O=C(NCCC1CCCNC1)c1c[nH]cc1-c1ccc(F)cc1. The van der Waals surface area contributed by atoms with Gasteiger partial charge in [0.1, 0.15) is 5.82 Å². The standard InChI is InChI=1S/C18H22FN3O/c19-15-5-3-14(4-6-15)16-11-21-12-17(16)18(23)22-9-7-13-2-1-8-20-10-13/h3-6,11-13,20-21H,1-2,7-10H2,(H,22,23). The van der Waals surface area contributed by atoms with Crippen molar-refractivity contribution >= 4 is 5.91 Å². The summed E-state index contributed by atoms with van der Waals surface area (Å²) in [7, 11) is 0. The Bertz CT molecular complexity index is 645. The van der Waals surface area contributed by atoms with Crippen LogP contribution in [0.15, 0.2) is 36.7 Å². The van der Waals surface area contributed by atoms with E-state index in [0.717, 1.165) is 30.6 Å². The zero-order valence-corrected chi connectivity index (χ0v) is 13.1. The zero-order chi connectivity index (χ0) is 16.1. The third-order valence-electron chi connectivity index (χ3n) is 4.38. The van der Waals surface area contributed by atoms with E-state index >= 15 is 0 Å². The first-order chi connectivity index (χ1) is 11.2. The van der Waals surface area contributed by atoms with Gasteiger partial charge in [-0.25, -0.2) is 4.39 Å². The molecule has 1 aromatic heterocycles. The van der Waals surface area contributed by atoms with Gasteiger partial charge in [0.2, 0.25) is 0 Å². The number of hydrogen-bond acceptors (Lipinski definition) is 2. The molecular formula is C18H22FN3O. The number of halogens is 1. The van der Waals surface area contributed by atoms with Crippen molar-refractivity contribution in [2.24, 2.45) is 5.92 Å². The van der Waals surface area contributed by atoms with Crippen LogP contribution in [-0.4, -0.2) is 30.5 Å². The maximum absolute atomic E-state index is 13.0. The average molecular weight is 315 g/mol. The number of benzene rings is 1. The lowest BCUT2D eigenvalue weighted by molar-refractivity contribution is 0.0951. The fraction of sp³-hybridized carbons (Fsp3) is 0.389. The molecule has 0 spiro atoms. The molecule has 1 amide bonds. The molecule has 2 aromatic rings. The van der Waals surface area contributed by atoms with E-state index in [1.54, 1.807) is 24.5 Å². The predicted octanol–water partition coefficient (Wildman–Crippen LogP) is 2.94. The van der Waals surface area contributed by atoms with Crippen LogP contribution in [0.5, 0.6) is 0 Å². The first-order valence-electron chi connectivity index (χ1n) is 8.15. The minimum Gasteiger partial charge on any atom is -0.366 e. The number of aromatic amines is 1. The Morgan fingerprint density at radius 2 is 2.09 bits per heavy atom. The Balaban J connectivity index is 1.59. The maximum atomic E-state index is 13.0. The van der Waals surface area contributed by atoms with Crippen LogP contribution in [0.2, 0.25) is 0 Å². The molecule has 4 nitrogen and oxygen atoms in total. The Hall–Kier alpha value is -2.14. The summed E-state index contributed by atoms with van der Waals surface area (Å²) in [4.78, 5) is 15.4. The molecule has 1 unspecified atom stereocenters. The molecule has 5 heteroatoms. The van der Waals surface area contributed by atoms with Crippen molar-refractivity contribution in [2.45, 2.75) is 19.3 Å². The second kappa shape index (κ2) is 7.42. The molecule has 0 aliphatic carbocycles. The first kappa shape index (κ1) is 15.7. The Labute approximate surface area is 135 Å². The van der Waals surface area contributed by atoms with Crippen LogP contribution in [0.25, 0.3) is 11.1 Å². The van der Waals surface area contributed by atoms with Crippen LogP contribution in [0.4, 0.5) is 4.39 Å². The van der Waals surface area contributed by atoms with Gasteiger partial charge >= 0.3 is 0 Å². The highest BCUT2D eigenvalue weighted by atomic mass is 19.1. The van der Waals surface area contributed by atoms with Gasteiger partial charge < -0.3 is 15.6 Å². The smallest absolute Gasteiger partial charge is 0.253 e. The van der Waals surface area contributed by atoms with Gasteiger partial charge in [-0.2, -0.15) is 0 Å². The highest BCUT2D eigenvalue weighted by Crippen LogP contribution is 2.23. The molecule has 3 N–H and O–H groups in total. The molecule has 1 atom stereocenters. The van der Waals surface area contributed by atoms with Gasteiger partial charge in [0.15, 0.2) is 0 Å². The maximum Gasteiger partial charge on any atom is 0.253 e. The van der Waals surface area contributed by atoms with Crippen LogP contribution in [0, 0.1) is 11.7 Å². The van der Waals surface area contributed by atoms with Gasteiger partial charge in [-0.05, 0) is 56.0 Å². The average Bonchev–Trinajstić information content (AvgIpc) is 3.06. The van der Waals surface area contributed by atoms with Gasteiger partial charge in [0.05, 0.1) is 5.56 Å². The molecule has 2 heterocycles. The molecule has 1 aliphatic rings. The summed E-state index contributed by atoms with van der Waals surface area (Å²) in [5.41, 5.74) is 2.22. The van der Waals surface area contributed by atoms with Gasteiger partial charge in [-0.1, -0.05) is 12.1 Å². The van der Waals surface area contributed by atoms with Crippen molar-refractivity contribution in [1.29, 1.82) is 0 Å². The Morgan fingerprint density at radius 3 is 2.83 bits per heavy atom. The number of carbonyl (C=O) groups excluding carboxylic acids is 1. The molecule has 122 valence electrons. The monoisotopic (exact) mass is 315 g/mol. The van der Waals surface area contributed by atoms with Crippen molar-refractivity contribution in [1.82, 2.24) is 15.6 Å². The van der Waals surface area contributed by atoms with Crippen molar-refractivity contribution < 1.29 is 9.18 Å². The molecule has 1 aromatic carbocycles. The predicted molar refractivity (Wildman–Crippen MR) is 88.7 cm³/mol. The number of aromatic nitrogens is 1. The van der Waals surface area contributed by atoms with E-state index < -0.39 is 0 Å². The highest BCUT2D eigenvalue weighted by Gasteiger charge is 2.16. The van der Waals surface area contributed by atoms with E-state index in [9.17, 15) is 9.18 Å². The Morgan fingerprint density at radius 1 is 1.26 bits per heavy atom. The van der Waals surface area contributed by atoms with Crippen LogP contribution in [-0.2, 0) is 0 Å². The number of H-pyrrole nitrogens is 1. The summed E-state index contributed by atoms with van der Waals surface area (Å²) < 4.78 is 13.0. The number of amides is 1. The minimum atomic E-state index is -0.281. The molecule has 1 fully saturated rings. The molecule has 0 saturated carbocycles. The zero-order valence-electron chi connectivity index (χ0n) is 13.1. The summed E-state index contributed by atoms with van der Waals surface area (Å²) in [5.74, 6) is 0.276. The van der Waals surface area contributed by atoms with E-state index in [0.29, 0.717) is 18.0 Å². The second-order valence-corrected chi connectivity index (χ2v) is 6.05. The molecular weight excluding hydrogens is 293 g/mol. The summed E-state index contributed by atoms with van der Waals surface area (Å²) in [6.07, 6.45) is 6.90. The van der Waals surface area contributed by atoms with Gasteiger partial charge in [0.25, 0.3) is 5.91 Å². The fourth-order valence-electron chi connectivity index (χ4n) is 3.08. The van der Waals surface area contributed by atoms with E-state index in [4.69, 9.17) is 0 Å². The third kappa shape index (κ3) is 3.99. The lowest BCUT2D eigenvalue weighted by Crippen LogP contribution is -2.33. The van der Waals surface area contributed by atoms with Gasteiger partial charge in [0, 0.05) is 24.5 Å². The lowest BCUT2D eigenvalue weighted by Gasteiger charge is -2.22. The van der Waals surface area contributed by atoms with Crippen molar-refractivity contribution in [3.05, 3.63) is 48.0 Å². The molecule has 1 aliphatic heterocycles. The minimum absolute atomic E-state index is 0.0886. The van der Waals surface area contributed by atoms with E-state index in [-0.39, 0.29) is 11.7 Å². The Kier molecular flexibility index (Phi) is 5.08. The van der Waals surface area contributed by atoms with Gasteiger partial charge in [-0.3, -0.25) is 4.79 Å². The fourth-order valence-corrected chi connectivity index (χ4v) is 3.08. The van der Waals surface area contributed by atoms with E-state index in [2.05, 4.69) is 15.6 Å². The number of piperidine rings is 1. The van der Waals surface area contributed by atoms with Crippen molar-refractivity contribution in [3.63, 3.8) is 0 Å². The molecule has 0 bridgehead atoms. The van der Waals surface area contributed by atoms with Crippen molar-refractivity contribution in [2.75, 3.05) is 19.6 Å². The molecule has 3 rings (SSSR count). The van der Waals surface area contributed by atoms with Crippen LogP contribution in [0.3, 0.4) is 0 Å². The third-order valence-corrected chi connectivity index (χ3v) is 4.38. The summed E-state index contributed by atoms with van der Waals surface area (Å²) in [5, 5.41) is 6.38. The number of carbonyl (C=O) groups is 1. The number of nitrogens with one attached hydrogen (secondary N) is 3. The van der Waals surface area contributed by atoms with Gasteiger partial charge in [-0.15, -0.1) is 0 Å². The highest BCUT2D eigenvalue weighted by molar-refractivity contribution is 6.00. The van der Waals surface area contributed by atoms with Crippen LogP contribution >= 0.6 is 0 Å². The lowest BCUT2D eigenvalue weighted by atomic mass is 9.96. The topological polar surface area (TPSA) is 56.9 Å². The van der Waals surface area contributed by atoms with Crippen LogP contribution < -0.4 is 10.6 Å². The number of hydrogen-bond donors (Lipinski definition) is 3. The quantitative estimate of drug-likeness (QED) is 0.794. The normalized spacial score (nSPS) is 17.9. The number of rotatable bonds is 5. The van der Waals surface area contributed by atoms with Crippen LogP contribution in [0.1, 0.15) is 29.6 Å². The molecule has 23 heavy (non-hydrogen) atoms. The largest absolute Gasteiger partial charge is 0.366 e. The summed E-state index contributed by atoms with van der Waals surface area (Å²) in [6.45, 7) is 2.83. The summed E-state index contributed by atoms with van der Waals surface area (Å²) in [6, 6.07) is 6.17. The van der Waals surface area contributed by atoms with E-state index in [1.807, 2.05) is 0 Å².